The number of hydrogen-bond donors (Lipinski definition) is 1. The Hall–Kier alpha value is -2.00. The number of esters is 1. The molecule has 0 fully saturated rings. The number of anilines is 1. The van der Waals surface area contributed by atoms with E-state index in [9.17, 15) is 9.59 Å². The first-order valence-electron chi connectivity index (χ1n) is 7.63. The van der Waals surface area contributed by atoms with Crippen molar-refractivity contribution < 1.29 is 18.7 Å². The predicted octanol–water partition coefficient (Wildman–Crippen LogP) is 3.23. The van der Waals surface area contributed by atoms with Crippen molar-refractivity contribution >= 4 is 41.1 Å². The number of amides is 1. The number of carbonyl (C=O) groups excluding carboxylic acids is 2. The van der Waals surface area contributed by atoms with Crippen molar-refractivity contribution in [3.63, 3.8) is 0 Å². The van der Waals surface area contributed by atoms with Crippen molar-refractivity contribution in [2.45, 2.75) is 24.3 Å². The molecule has 1 aromatic carbocycles. The van der Waals surface area contributed by atoms with Crippen LogP contribution < -0.4 is 5.32 Å². The van der Waals surface area contributed by atoms with Gasteiger partial charge in [-0.3, -0.25) is 4.79 Å². The average Bonchev–Trinajstić information content (AvgIpc) is 3.06. The van der Waals surface area contributed by atoms with Crippen molar-refractivity contribution in [1.29, 1.82) is 0 Å². The fourth-order valence-electron chi connectivity index (χ4n) is 1.77. The van der Waals surface area contributed by atoms with Crippen LogP contribution in [0.5, 0.6) is 0 Å². The number of nitrogens with one attached hydrogen (secondary N) is 1. The third-order valence-electron chi connectivity index (χ3n) is 2.88. The fraction of sp³-hybridized carbons (Fsp3) is 0.375. The Morgan fingerprint density at radius 3 is 2.68 bits per heavy atom. The maximum Gasteiger partial charge on any atom is 0.338 e. The third kappa shape index (κ3) is 6.43. The van der Waals surface area contributed by atoms with Gasteiger partial charge in [0, 0.05) is 5.69 Å². The zero-order chi connectivity index (χ0) is 18.1. The molecule has 0 atom stereocenters. The number of thioether (sulfide) groups is 2. The van der Waals surface area contributed by atoms with E-state index in [0.717, 1.165) is 6.42 Å². The van der Waals surface area contributed by atoms with Crippen LogP contribution >= 0.6 is 23.5 Å². The summed E-state index contributed by atoms with van der Waals surface area (Å²) in [6.07, 6.45) is 2.72. The van der Waals surface area contributed by atoms with Crippen LogP contribution in [0.15, 0.2) is 33.9 Å². The molecule has 1 heterocycles. The van der Waals surface area contributed by atoms with Crippen molar-refractivity contribution in [3.05, 3.63) is 35.7 Å². The lowest BCUT2D eigenvalue weighted by Gasteiger charge is -2.06. The number of rotatable bonds is 9. The van der Waals surface area contributed by atoms with Crippen LogP contribution in [0.2, 0.25) is 0 Å². The largest absolute Gasteiger partial charge is 0.462 e. The van der Waals surface area contributed by atoms with Gasteiger partial charge in [0.2, 0.25) is 11.8 Å². The van der Waals surface area contributed by atoms with Gasteiger partial charge < -0.3 is 14.5 Å². The van der Waals surface area contributed by atoms with Gasteiger partial charge in [-0.15, -0.1) is 10.2 Å². The average molecular weight is 381 g/mol. The van der Waals surface area contributed by atoms with Gasteiger partial charge in [-0.05, 0) is 36.9 Å². The van der Waals surface area contributed by atoms with Crippen LogP contribution in [0.1, 0.15) is 29.6 Å². The summed E-state index contributed by atoms with van der Waals surface area (Å²) in [7, 11) is 0. The lowest BCUT2D eigenvalue weighted by atomic mass is 10.2. The summed E-state index contributed by atoms with van der Waals surface area (Å²) >= 11 is 2.76. The molecule has 0 bridgehead atoms. The van der Waals surface area contributed by atoms with E-state index in [1.54, 1.807) is 36.0 Å². The maximum atomic E-state index is 12.0. The van der Waals surface area contributed by atoms with E-state index in [0.29, 0.717) is 34.7 Å². The van der Waals surface area contributed by atoms with E-state index in [4.69, 9.17) is 9.15 Å². The van der Waals surface area contributed by atoms with Crippen LogP contribution in [-0.4, -0.2) is 40.7 Å². The molecular formula is C16H19N3O4S2. The zero-order valence-electron chi connectivity index (χ0n) is 14.0. The van der Waals surface area contributed by atoms with E-state index in [2.05, 4.69) is 15.5 Å². The molecule has 0 spiro atoms. The highest BCUT2D eigenvalue weighted by Crippen LogP contribution is 2.18. The van der Waals surface area contributed by atoms with E-state index in [1.807, 2.05) is 13.2 Å². The molecule has 0 aliphatic rings. The molecule has 9 heteroatoms. The van der Waals surface area contributed by atoms with Crippen LogP contribution in [-0.2, 0) is 15.3 Å². The first-order chi connectivity index (χ1) is 12.1. The minimum atomic E-state index is -0.368. The van der Waals surface area contributed by atoms with E-state index < -0.39 is 0 Å². The molecule has 1 amide bonds. The van der Waals surface area contributed by atoms with Crippen molar-refractivity contribution in [3.8, 4) is 0 Å². The highest BCUT2D eigenvalue weighted by atomic mass is 32.2. The van der Waals surface area contributed by atoms with Gasteiger partial charge in [0.25, 0.3) is 5.22 Å². The molecule has 0 saturated carbocycles. The first-order valence-corrected chi connectivity index (χ1v) is 10.0. The second kappa shape index (κ2) is 10.1. The summed E-state index contributed by atoms with van der Waals surface area (Å²) in [5.74, 6) is 0.776. The number of carbonyl (C=O) groups is 2. The lowest BCUT2D eigenvalue weighted by molar-refractivity contribution is -0.113. The monoisotopic (exact) mass is 381 g/mol. The van der Waals surface area contributed by atoms with Crippen LogP contribution in [0.4, 0.5) is 5.69 Å². The number of aromatic nitrogens is 2. The smallest absolute Gasteiger partial charge is 0.338 e. The van der Waals surface area contributed by atoms with Gasteiger partial charge in [0.15, 0.2) is 0 Å². The minimum Gasteiger partial charge on any atom is -0.462 e. The third-order valence-corrected chi connectivity index (χ3v) is 4.24. The molecule has 2 aromatic rings. The highest BCUT2D eigenvalue weighted by Gasteiger charge is 2.11. The number of benzene rings is 1. The topological polar surface area (TPSA) is 94.3 Å². The Morgan fingerprint density at radius 2 is 2.00 bits per heavy atom. The van der Waals surface area contributed by atoms with Crippen LogP contribution in [0.3, 0.4) is 0 Å². The standard InChI is InChI=1S/C16H19N3O4S2/c1-3-8-22-15(21)11-4-6-12(7-5-11)17-13(20)9-25-16-19-18-14(23-16)10-24-2/h4-7H,3,8-10H2,1-2H3,(H,17,20). The SMILES string of the molecule is CCCOC(=O)c1ccc(NC(=O)CSc2nnc(CSC)o2)cc1. The van der Waals surface area contributed by atoms with E-state index in [-0.39, 0.29) is 17.6 Å². The van der Waals surface area contributed by atoms with Gasteiger partial charge in [0.1, 0.15) is 0 Å². The molecule has 0 saturated heterocycles. The Labute approximate surface area is 154 Å². The van der Waals surface area contributed by atoms with Crippen molar-refractivity contribution in [2.75, 3.05) is 23.9 Å². The van der Waals surface area contributed by atoms with E-state index in [1.165, 1.54) is 11.8 Å². The molecule has 25 heavy (non-hydrogen) atoms. The summed E-state index contributed by atoms with van der Waals surface area (Å²) in [4.78, 5) is 23.7. The van der Waals surface area contributed by atoms with Crippen molar-refractivity contribution in [1.82, 2.24) is 10.2 Å². The van der Waals surface area contributed by atoms with Gasteiger partial charge in [-0.1, -0.05) is 18.7 Å². The minimum absolute atomic E-state index is 0.154. The number of ether oxygens (including phenoxy) is 1. The van der Waals surface area contributed by atoms with Gasteiger partial charge in [0.05, 0.1) is 23.7 Å². The van der Waals surface area contributed by atoms with Crippen LogP contribution in [0, 0.1) is 0 Å². The van der Waals surface area contributed by atoms with Gasteiger partial charge in [-0.2, -0.15) is 11.8 Å². The van der Waals surface area contributed by atoms with Gasteiger partial charge in [-0.25, -0.2) is 4.79 Å². The summed E-state index contributed by atoms with van der Waals surface area (Å²) in [6, 6.07) is 6.56. The molecule has 1 aromatic heterocycles. The molecule has 2 rings (SSSR count). The van der Waals surface area contributed by atoms with Crippen LogP contribution in [0.25, 0.3) is 0 Å². The van der Waals surface area contributed by atoms with Gasteiger partial charge >= 0.3 is 5.97 Å². The fourth-order valence-corrected chi connectivity index (χ4v) is 2.71. The Balaban J connectivity index is 1.80. The second-order valence-electron chi connectivity index (χ2n) is 4.94. The molecule has 0 aliphatic carbocycles. The summed E-state index contributed by atoms with van der Waals surface area (Å²) < 4.78 is 10.4. The lowest BCUT2D eigenvalue weighted by Crippen LogP contribution is -2.14. The Bertz CT molecular complexity index is 704. The molecule has 0 aliphatic heterocycles. The summed E-state index contributed by atoms with van der Waals surface area (Å²) in [5.41, 5.74) is 1.05. The molecule has 0 unspecified atom stereocenters. The molecule has 134 valence electrons. The summed E-state index contributed by atoms with van der Waals surface area (Å²) in [6.45, 7) is 2.32. The molecule has 7 nitrogen and oxygen atoms in total. The van der Waals surface area contributed by atoms with E-state index >= 15 is 0 Å². The molecule has 0 radical (unpaired) electrons. The second-order valence-corrected chi connectivity index (χ2v) is 6.74. The van der Waals surface area contributed by atoms with Crippen molar-refractivity contribution in [2.24, 2.45) is 0 Å². The number of nitrogens with zero attached hydrogens (tertiary/aromatic N) is 2. The highest BCUT2D eigenvalue weighted by molar-refractivity contribution is 7.99. The first kappa shape index (κ1) is 19.3. The maximum absolute atomic E-state index is 12.0. The predicted molar refractivity (Wildman–Crippen MR) is 97.9 cm³/mol. The Morgan fingerprint density at radius 1 is 1.24 bits per heavy atom. The Kier molecular flexibility index (Phi) is 7.80. The quantitative estimate of drug-likeness (QED) is 0.523. The summed E-state index contributed by atoms with van der Waals surface area (Å²) in [5, 5.41) is 10.9. The molecular weight excluding hydrogens is 362 g/mol. The normalized spacial score (nSPS) is 10.5. The zero-order valence-corrected chi connectivity index (χ0v) is 15.6. The molecule has 1 N–H and O–H groups in total. The number of hydrogen-bond acceptors (Lipinski definition) is 8.